The van der Waals surface area contributed by atoms with Crippen LogP contribution in [0.3, 0.4) is 0 Å². The second kappa shape index (κ2) is 5.88. The Morgan fingerprint density at radius 3 is 2.27 bits per heavy atom. The number of hydrogen-bond acceptors (Lipinski definition) is 3. The Bertz CT molecular complexity index is 220. The Morgan fingerprint density at radius 2 is 1.80 bits per heavy atom. The molecule has 1 heterocycles. The van der Waals surface area contributed by atoms with Crippen LogP contribution in [0.15, 0.2) is 12.7 Å². The van der Waals surface area contributed by atoms with E-state index in [-0.39, 0.29) is 5.91 Å². The molecule has 4 nitrogen and oxygen atoms in total. The lowest BCUT2D eigenvalue weighted by Gasteiger charge is -2.34. The molecule has 0 aromatic heterocycles. The number of carbonyl (C=O) groups excluding carboxylic acids is 1. The van der Waals surface area contributed by atoms with Crippen LogP contribution in [0.5, 0.6) is 0 Å². The fourth-order valence-corrected chi connectivity index (χ4v) is 1.65. The highest BCUT2D eigenvalue weighted by Crippen LogP contribution is 2.01. The third-order valence-corrected chi connectivity index (χ3v) is 2.71. The van der Waals surface area contributed by atoms with E-state index in [4.69, 9.17) is 0 Å². The van der Waals surface area contributed by atoms with Crippen molar-refractivity contribution in [1.82, 2.24) is 14.7 Å². The quantitative estimate of drug-likeness (QED) is 0.607. The highest BCUT2D eigenvalue weighted by molar-refractivity contribution is 5.77. The van der Waals surface area contributed by atoms with Crippen LogP contribution in [-0.2, 0) is 4.79 Å². The van der Waals surface area contributed by atoms with Gasteiger partial charge in [0.15, 0.2) is 0 Å². The maximum atomic E-state index is 11.5. The summed E-state index contributed by atoms with van der Waals surface area (Å²) < 4.78 is 0. The molecule has 0 N–H and O–H groups in total. The summed E-state index contributed by atoms with van der Waals surface area (Å²) in [5.74, 6) is 0.187. The lowest BCUT2D eigenvalue weighted by molar-refractivity contribution is -0.130. The molecule has 0 saturated carbocycles. The molecule has 0 radical (unpaired) electrons. The van der Waals surface area contributed by atoms with Gasteiger partial charge >= 0.3 is 0 Å². The third-order valence-electron chi connectivity index (χ3n) is 2.71. The van der Waals surface area contributed by atoms with Gasteiger partial charge in [0, 0.05) is 46.8 Å². The van der Waals surface area contributed by atoms with E-state index < -0.39 is 0 Å². The summed E-state index contributed by atoms with van der Waals surface area (Å²) in [4.78, 5) is 17.7. The topological polar surface area (TPSA) is 26.8 Å². The molecule has 0 aromatic rings. The maximum Gasteiger partial charge on any atom is 0.236 e. The summed E-state index contributed by atoms with van der Waals surface area (Å²) in [6.45, 7) is 9.26. The number of rotatable bonds is 4. The highest BCUT2D eigenvalue weighted by atomic mass is 16.2. The number of hydrogen-bond donors (Lipinski definition) is 0. The summed E-state index contributed by atoms with van der Waals surface area (Å²) in [7, 11) is 3.60. The van der Waals surface area contributed by atoms with Crippen LogP contribution in [-0.4, -0.2) is 74.0 Å². The van der Waals surface area contributed by atoms with Crippen molar-refractivity contribution in [2.75, 3.05) is 53.4 Å². The molecule has 15 heavy (non-hydrogen) atoms. The van der Waals surface area contributed by atoms with Gasteiger partial charge in [-0.15, -0.1) is 6.58 Å². The number of nitrogens with zero attached hydrogens (tertiary/aromatic N) is 3. The van der Waals surface area contributed by atoms with Crippen molar-refractivity contribution in [2.45, 2.75) is 0 Å². The average molecular weight is 211 g/mol. The molecule has 0 atom stereocenters. The fraction of sp³-hybridized carbons (Fsp3) is 0.727. The second-order valence-corrected chi connectivity index (χ2v) is 4.15. The smallest absolute Gasteiger partial charge is 0.236 e. The number of carbonyl (C=O) groups is 1. The van der Waals surface area contributed by atoms with Gasteiger partial charge in [-0.1, -0.05) is 6.08 Å². The lowest BCUT2D eigenvalue weighted by atomic mass is 10.3. The predicted octanol–water partition coefficient (Wildman–Crippen LogP) is -0.122. The molecule has 1 fully saturated rings. The number of likely N-dealkylation sites (N-methyl/N-ethyl adjacent to an activating group) is 1. The molecular formula is C11H21N3O. The van der Waals surface area contributed by atoms with Crippen LogP contribution in [0.25, 0.3) is 0 Å². The Labute approximate surface area is 92.1 Å². The minimum absolute atomic E-state index is 0.187. The van der Waals surface area contributed by atoms with Crippen molar-refractivity contribution in [3.05, 3.63) is 12.7 Å². The summed E-state index contributed by atoms with van der Waals surface area (Å²) in [6.07, 6.45) is 1.93. The van der Waals surface area contributed by atoms with Crippen molar-refractivity contribution in [3.63, 3.8) is 0 Å². The molecule has 1 aliphatic heterocycles. The summed E-state index contributed by atoms with van der Waals surface area (Å²) >= 11 is 0. The fourth-order valence-electron chi connectivity index (χ4n) is 1.65. The first-order valence-corrected chi connectivity index (χ1v) is 5.39. The van der Waals surface area contributed by atoms with Gasteiger partial charge in [0.1, 0.15) is 0 Å². The van der Waals surface area contributed by atoms with Gasteiger partial charge in [-0.3, -0.25) is 14.6 Å². The molecule has 1 aliphatic rings. The van der Waals surface area contributed by atoms with Crippen LogP contribution >= 0.6 is 0 Å². The zero-order chi connectivity index (χ0) is 11.3. The summed E-state index contributed by atoms with van der Waals surface area (Å²) in [5.41, 5.74) is 0. The predicted molar refractivity (Wildman–Crippen MR) is 61.8 cm³/mol. The zero-order valence-corrected chi connectivity index (χ0v) is 9.78. The van der Waals surface area contributed by atoms with Gasteiger partial charge in [-0.25, -0.2) is 0 Å². The first-order valence-electron chi connectivity index (χ1n) is 5.39. The Kier molecular flexibility index (Phi) is 4.78. The summed E-state index contributed by atoms with van der Waals surface area (Å²) in [5, 5.41) is 0. The van der Waals surface area contributed by atoms with E-state index in [1.165, 1.54) is 0 Å². The molecule has 0 aliphatic carbocycles. The van der Waals surface area contributed by atoms with Crippen molar-refractivity contribution < 1.29 is 4.79 Å². The van der Waals surface area contributed by atoms with E-state index in [9.17, 15) is 4.79 Å². The van der Waals surface area contributed by atoms with Crippen molar-refractivity contribution in [3.8, 4) is 0 Å². The van der Waals surface area contributed by atoms with Gasteiger partial charge in [0.2, 0.25) is 5.91 Å². The molecule has 0 bridgehead atoms. The maximum absolute atomic E-state index is 11.5. The van der Waals surface area contributed by atoms with Crippen LogP contribution < -0.4 is 0 Å². The van der Waals surface area contributed by atoms with Gasteiger partial charge in [0.25, 0.3) is 0 Å². The Balaban J connectivity index is 2.25. The zero-order valence-electron chi connectivity index (χ0n) is 9.78. The standard InChI is InChI=1S/C11H21N3O/c1-4-5-13-6-8-14(9-7-13)10-11(15)12(2)3/h4H,1,5-10H2,2-3H3. The molecule has 0 aromatic carbocycles. The largest absolute Gasteiger partial charge is 0.348 e. The minimum atomic E-state index is 0.187. The minimum Gasteiger partial charge on any atom is -0.348 e. The van der Waals surface area contributed by atoms with Gasteiger partial charge < -0.3 is 4.90 Å². The molecule has 86 valence electrons. The second-order valence-electron chi connectivity index (χ2n) is 4.15. The first kappa shape index (κ1) is 12.2. The number of piperazine rings is 1. The van der Waals surface area contributed by atoms with E-state index >= 15 is 0 Å². The average Bonchev–Trinajstić information content (AvgIpc) is 2.21. The molecule has 0 spiro atoms. The SMILES string of the molecule is C=CCN1CCN(CC(=O)N(C)C)CC1. The normalized spacial score (nSPS) is 18.8. The van der Waals surface area contributed by atoms with Crippen LogP contribution in [0.4, 0.5) is 0 Å². The molecule has 0 unspecified atom stereocenters. The van der Waals surface area contributed by atoms with Gasteiger partial charge in [0.05, 0.1) is 6.54 Å². The van der Waals surface area contributed by atoms with Crippen LogP contribution in [0, 0.1) is 0 Å². The molecule has 1 rings (SSSR count). The van der Waals surface area contributed by atoms with Crippen molar-refractivity contribution >= 4 is 5.91 Å². The Morgan fingerprint density at radius 1 is 1.27 bits per heavy atom. The monoisotopic (exact) mass is 211 g/mol. The van der Waals surface area contributed by atoms with Gasteiger partial charge in [-0.05, 0) is 0 Å². The third kappa shape index (κ3) is 4.01. The van der Waals surface area contributed by atoms with Crippen molar-refractivity contribution in [1.29, 1.82) is 0 Å². The van der Waals surface area contributed by atoms with Crippen LogP contribution in [0.2, 0.25) is 0 Å². The summed E-state index contributed by atoms with van der Waals surface area (Å²) in [6, 6.07) is 0. The first-order chi connectivity index (χ1) is 7.13. The molecule has 1 amide bonds. The van der Waals surface area contributed by atoms with E-state index in [2.05, 4.69) is 16.4 Å². The molecule has 1 saturated heterocycles. The van der Waals surface area contributed by atoms with Crippen molar-refractivity contribution in [2.24, 2.45) is 0 Å². The van der Waals surface area contributed by atoms with E-state index in [0.717, 1.165) is 32.7 Å². The lowest BCUT2D eigenvalue weighted by Crippen LogP contribution is -2.49. The number of amides is 1. The molecular weight excluding hydrogens is 190 g/mol. The van der Waals surface area contributed by atoms with Gasteiger partial charge in [-0.2, -0.15) is 0 Å². The Hall–Kier alpha value is -0.870. The molecule has 4 heteroatoms. The van der Waals surface area contributed by atoms with E-state index in [0.29, 0.717) is 6.54 Å². The van der Waals surface area contributed by atoms with E-state index in [1.54, 1.807) is 19.0 Å². The van der Waals surface area contributed by atoms with Crippen LogP contribution in [0.1, 0.15) is 0 Å². The highest BCUT2D eigenvalue weighted by Gasteiger charge is 2.18. The van der Waals surface area contributed by atoms with E-state index in [1.807, 2.05) is 6.08 Å².